The number of carbonyl (C=O) groups is 1. The lowest BCUT2D eigenvalue weighted by Gasteiger charge is -2.23. The van der Waals surface area contributed by atoms with Gasteiger partial charge in [-0.15, -0.1) is 0 Å². The quantitative estimate of drug-likeness (QED) is 0.273. The van der Waals surface area contributed by atoms with Gasteiger partial charge in [-0.2, -0.15) is 8.42 Å². The van der Waals surface area contributed by atoms with E-state index in [0.29, 0.717) is 0 Å². The third-order valence-electron chi connectivity index (χ3n) is 1.69. The highest BCUT2D eigenvalue weighted by molar-refractivity contribution is 7.85. The summed E-state index contributed by atoms with van der Waals surface area (Å²) >= 11 is 0. The molecule has 4 N–H and O–H groups in total. The molecule has 0 amide bonds. The topological polar surface area (TPSA) is 141 Å². The van der Waals surface area contributed by atoms with Gasteiger partial charge in [0.05, 0.1) is 12.9 Å². The predicted octanol–water partition coefficient (Wildman–Crippen LogP) is -3.39. The van der Waals surface area contributed by atoms with Gasteiger partial charge in [-0.1, -0.05) is 0 Å². The maximum absolute atomic E-state index is 10.5. The minimum atomic E-state index is -3.79. The fourth-order valence-electron chi connectivity index (χ4n) is 0.802. The summed E-state index contributed by atoms with van der Waals surface area (Å²) in [7, 11) is -3.79. The molecule has 0 aliphatic rings. The highest BCUT2D eigenvalue weighted by atomic mass is 32.2. The van der Waals surface area contributed by atoms with Crippen LogP contribution in [0.15, 0.2) is 0 Å². The SMILES string of the molecule is CS(=O)(=O)OC[C@@H](O)[C@H](O)[C@H](O)[C@@H](O)C=O. The van der Waals surface area contributed by atoms with Crippen molar-refractivity contribution in [1.82, 2.24) is 0 Å². The minimum Gasteiger partial charge on any atom is -0.388 e. The molecule has 0 aliphatic carbocycles. The van der Waals surface area contributed by atoms with E-state index in [9.17, 15) is 18.3 Å². The van der Waals surface area contributed by atoms with Crippen LogP contribution in [0.4, 0.5) is 0 Å². The number of rotatable bonds is 7. The highest BCUT2D eigenvalue weighted by Crippen LogP contribution is 2.05. The van der Waals surface area contributed by atoms with Crippen molar-refractivity contribution in [3.63, 3.8) is 0 Å². The van der Waals surface area contributed by atoms with Crippen molar-refractivity contribution in [1.29, 1.82) is 0 Å². The van der Waals surface area contributed by atoms with Crippen LogP contribution in [0.1, 0.15) is 0 Å². The molecule has 0 spiro atoms. The molecular weight excluding hydrogens is 244 g/mol. The lowest BCUT2D eigenvalue weighted by atomic mass is 10.0. The van der Waals surface area contributed by atoms with Crippen LogP contribution in [0.2, 0.25) is 0 Å². The minimum absolute atomic E-state index is 0.0297. The average Bonchev–Trinajstić information content (AvgIpc) is 2.21. The third kappa shape index (κ3) is 5.49. The summed E-state index contributed by atoms with van der Waals surface area (Å²) in [6, 6.07) is 0. The largest absolute Gasteiger partial charge is 0.388 e. The number of aliphatic hydroxyl groups is 4. The van der Waals surface area contributed by atoms with Crippen molar-refractivity contribution in [2.45, 2.75) is 24.4 Å². The molecular formula is C7H14O8S. The second-order valence-corrected chi connectivity index (χ2v) is 4.81. The number of hydrogen-bond donors (Lipinski definition) is 4. The van der Waals surface area contributed by atoms with Crippen LogP contribution in [0.5, 0.6) is 0 Å². The summed E-state index contributed by atoms with van der Waals surface area (Å²) in [5.74, 6) is 0. The van der Waals surface area contributed by atoms with Gasteiger partial charge < -0.3 is 25.2 Å². The Kier molecular flexibility index (Phi) is 6.00. The molecule has 4 atom stereocenters. The van der Waals surface area contributed by atoms with E-state index in [-0.39, 0.29) is 6.29 Å². The smallest absolute Gasteiger partial charge is 0.264 e. The maximum atomic E-state index is 10.5. The second-order valence-electron chi connectivity index (χ2n) is 3.16. The van der Waals surface area contributed by atoms with Gasteiger partial charge in [0.2, 0.25) is 0 Å². The number of carbonyl (C=O) groups excluding carboxylic acids is 1. The molecule has 0 aromatic heterocycles. The first-order valence-corrected chi connectivity index (χ1v) is 6.02. The molecule has 8 nitrogen and oxygen atoms in total. The molecule has 0 aromatic rings. The molecule has 16 heavy (non-hydrogen) atoms. The Bertz CT molecular complexity index is 312. The lowest BCUT2D eigenvalue weighted by Crippen LogP contribution is -2.46. The Morgan fingerprint density at radius 1 is 1.19 bits per heavy atom. The molecule has 0 aromatic carbocycles. The summed E-state index contributed by atoms with van der Waals surface area (Å²) in [5.41, 5.74) is 0. The van der Waals surface area contributed by atoms with Crippen LogP contribution in [0, 0.1) is 0 Å². The van der Waals surface area contributed by atoms with Crippen molar-refractivity contribution in [3.05, 3.63) is 0 Å². The summed E-state index contributed by atoms with van der Waals surface area (Å²) in [6.07, 6.45) is -6.74. The first kappa shape index (κ1) is 15.4. The number of aldehydes is 1. The molecule has 0 aliphatic heterocycles. The van der Waals surface area contributed by atoms with Crippen LogP contribution in [0.25, 0.3) is 0 Å². The van der Waals surface area contributed by atoms with Crippen molar-refractivity contribution >= 4 is 16.4 Å². The average molecular weight is 258 g/mol. The zero-order valence-electron chi connectivity index (χ0n) is 8.42. The summed E-state index contributed by atoms with van der Waals surface area (Å²) in [4.78, 5) is 10.1. The fraction of sp³-hybridized carbons (Fsp3) is 0.857. The maximum Gasteiger partial charge on any atom is 0.264 e. The monoisotopic (exact) mass is 258 g/mol. The normalized spacial score (nSPS) is 19.8. The van der Waals surface area contributed by atoms with Crippen molar-refractivity contribution in [2.24, 2.45) is 0 Å². The summed E-state index contributed by atoms with van der Waals surface area (Å²) < 4.78 is 25.2. The van der Waals surface area contributed by atoms with Crippen molar-refractivity contribution in [2.75, 3.05) is 12.9 Å². The van der Waals surface area contributed by atoms with Crippen molar-refractivity contribution in [3.8, 4) is 0 Å². The lowest BCUT2D eigenvalue weighted by molar-refractivity contribution is -0.135. The molecule has 0 radical (unpaired) electrons. The van der Waals surface area contributed by atoms with Crippen LogP contribution in [-0.4, -0.2) is 72.4 Å². The van der Waals surface area contributed by atoms with E-state index in [1.54, 1.807) is 0 Å². The molecule has 96 valence electrons. The van der Waals surface area contributed by atoms with Gasteiger partial charge in [-0.05, 0) is 0 Å². The van der Waals surface area contributed by atoms with Gasteiger partial charge >= 0.3 is 0 Å². The first-order chi connectivity index (χ1) is 7.19. The predicted molar refractivity (Wildman–Crippen MR) is 50.9 cm³/mol. The van der Waals surface area contributed by atoms with Gasteiger partial charge in [-0.25, -0.2) is 0 Å². The summed E-state index contributed by atoms with van der Waals surface area (Å²) in [6.45, 7) is -0.789. The highest BCUT2D eigenvalue weighted by Gasteiger charge is 2.30. The van der Waals surface area contributed by atoms with Gasteiger partial charge in [0, 0.05) is 0 Å². The fourth-order valence-corrected chi connectivity index (χ4v) is 1.19. The molecule has 0 fully saturated rings. The Labute approximate surface area is 92.2 Å². The van der Waals surface area contributed by atoms with E-state index in [1.807, 2.05) is 0 Å². The van der Waals surface area contributed by atoms with Gasteiger partial charge in [0.25, 0.3) is 10.1 Å². The third-order valence-corrected chi connectivity index (χ3v) is 2.25. The van der Waals surface area contributed by atoms with Crippen molar-refractivity contribution < 1.29 is 37.8 Å². The first-order valence-electron chi connectivity index (χ1n) is 4.21. The standard InChI is InChI=1S/C7H14O8S/c1-16(13,14)15-3-5(10)7(12)6(11)4(9)2-8/h2,4-7,9-12H,3H2,1H3/t4-,5+,6+,7-/m0/s1. The Morgan fingerprint density at radius 3 is 2.06 bits per heavy atom. The zero-order chi connectivity index (χ0) is 12.9. The van der Waals surface area contributed by atoms with E-state index >= 15 is 0 Å². The van der Waals surface area contributed by atoms with Gasteiger partial charge in [0.1, 0.15) is 24.4 Å². The second kappa shape index (κ2) is 6.23. The Hall–Kier alpha value is -0.580. The Balaban J connectivity index is 4.27. The van der Waals surface area contributed by atoms with E-state index < -0.39 is 41.1 Å². The molecule has 0 rings (SSSR count). The van der Waals surface area contributed by atoms with E-state index in [2.05, 4.69) is 4.18 Å². The Morgan fingerprint density at radius 2 is 1.69 bits per heavy atom. The molecule has 0 heterocycles. The molecule has 0 saturated carbocycles. The van der Waals surface area contributed by atoms with Crippen LogP contribution in [0.3, 0.4) is 0 Å². The molecule has 0 bridgehead atoms. The molecule has 9 heteroatoms. The van der Waals surface area contributed by atoms with Crippen LogP contribution < -0.4 is 0 Å². The van der Waals surface area contributed by atoms with Crippen LogP contribution in [-0.2, 0) is 19.1 Å². The van der Waals surface area contributed by atoms with Gasteiger partial charge in [-0.3, -0.25) is 4.18 Å². The van der Waals surface area contributed by atoms with Gasteiger partial charge in [0.15, 0.2) is 6.29 Å². The molecule has 0 saturated heterocycles. The number of aliphatic hydroxyl groups excluding tert-OH is 4. The number of hydrogen-bond acceptors (Lipinski definition) is 8. The van der Waals surface area contributed by atoms with E-state index in [1.165, 1.54) is 0 Å². The molecule has 0 unspecified atom stereocenters. The van der Waals surface area contributed by atoms with E-state index in [0.717, 1.165) is 6.26 Å². The van der Waals surface area contributed by atoms with E-state index in [4.69, 9.17) is 15.3 Å². The zero-order valence-corrected chi connectivity index (χ0v) is 9.24. The summed E-state index contributed by atoms with van der Waals surface area (Å²) in [5, 5.41) is 36.3. The van der Waals surface area contributed by atoms with Crippen LogP contribution >= 0.6 is 0 Å².